The summed E-state index contributed by atoms with van der Waals surface area (Å²) in [6.07, 6.45) is 0. The number of benzene rings is 3. The van der Waals surface area contributed by atoms with Crippen LogP contribution in [0.3, 0.4) is 0 Å². The Morgan fingerprint density at radius 1 is 0.615 bits per heavy atom. The molecule has 0 radical (unpaired) electrons. The molecule has 0 unspecified atom stereocenters. The van der Waals surface area contributed by atoms with Crippen LogP contribution < -0.4 is 0 Å². The van der Waals surface area contributed by atoms with Crippen molar-refractivity contribution in [1.82, 2.24) is 15.0 Å². The number of nitrogens with zero attached hydrogens (tertiary/aromatic N) is 3. The summed E-state index contributed by atoms with van der Waals surface area (Å²) in [6.45, 7) is 0. The van der Waals surface area contributed by atoms with Gasteiger partial charge in [-0.2, -0.15) is 0 Å². The first-order chi connectivity index (χ1) is 12.7. The molecular weight excluding hydrogens is 349 g/mol. The SMILES string of the molecule is Fc1ccc(Cl)c(-c2nc(-c3ccccc3)nc(-c3ccccc3)n2)c1. The Bertz CT molecular complexity index is 996. The van der Waals surface area contributed by atoms with E-state index in [0.29, 0.717) is 28.1 Å². The van der Waals surface area contributed by atoms with E-state index in [1.165, 1.54) is 18.2 Å². The highest BCUT2D eigenvalue weighted by molar-refractivity contribution is 6.33. The standard InChI is InChI=1S/C21H13ClFN3/c22-18-12-11-16(23)13-17(18)21-25-19(14-7-3-1-4-8-14)24-20(26-21)15-9-5-2-6-10-15/h1-13H. The molecule has 0 saturated carbocycles. The van der Waals surface area contributed by atoms with Crippen LogP contribution in [0.5, 0.6) is 0 Å². The van der Waals surface area contributed by atoms with Crippen molar-refractivity contribution in [3.63, 3.8) is 0 Å². The maximum Gasteiger partial charge on any atom is 0.165 e. The van der Waals surface area contributed by atoms with E-state index >= 15 is 0 Å². The lowest BCUT2D eigenvalue weighted by Gasteiger charge is -2.09. The highest BCUT2D eigenvalue weighted by atomic mass is 35.5. The van der Waals surface area contributed by atoms with Gasteiger partial charge >= 0.3 is 0 Å². The third kappa shape index (κ3) is 3.32. The zero-order valence-electron chi connectivity index (χ0n) is 13.6. The van der Waals surface area contributed by atoms with Crippen molar-refractivity contribution in [2.45, 2.75) is 0 Å². The number of halogens is 2. The summed E-state index contributed by atoms with van der Waals surface area (Å²) in [5.41, 5.74) is 2.13. The van der Waals surface area contributed by atoms with Crippen LogP contribution in [0.15, 0.2) is 78.9 Å². The van der Waals surface area contributed by atoms with Crippen molar-refractivity contribution in [1.29, 1.82) is 0 Å². The molecule has 126 valence electrons. The molecule has 0 N–H and O–H groups in total. The lowest BCUT2D eigenvalue weighted by atomic mass is 10.1. The first-order valence-electron chi connectivity index (χ1n) is 8.03. The Kier molecular flexibility index (Phi) is 4.42. The quantitative estimate of drug-likeness (QED) is 0.472. The summed E-state index contributed by atoms with van der Waals surface area (Å²) in [5.74, 6) is 0.958. The highest BCUT2D eigenvalue weighted by Gasteiger charge is 2.14. The smallest absolute Gasteiger partial charge is 0.165 e. The van der Waals surface area contributed by atoms with Gasteiger partial charge in [-0.05, 0) is 18.2 Å². The Hall–Kier alpha value is -3.11. The molecule has 0 atom stereocenters. The van der Waals surface area contributed by atoms with Gasteiger partial charge in [-0.1, -0.05) is 72.3 Å². The average Bonchev–Trinajstić information content (AvgIpc) is 2.71. The third-order valence-electron chi connectivity index (χ3n) is 3.87. The van der Waals surface area contributed by atoms with E-state index in [0.717, 1.165) is 11.1 Å². The Labute approximate surface area is 155 Å². The molecule has 4 rings (SSSR count). The molecule has 1 heterocycles. The van der Waals surface area contributed by atoms with Crippen LogP contribution >= 0.6 is 11.6 Å². The lowest BCUT2D eigenvalue weighted by Crippen LogP contribution is -2.00. The number of hydrogen-bond acceptors (Lipinski definition) is 3. The summed E-state index contributed by atoms with van der Waals surface area (Å²) in [5, 5.41) is 0.385. The van der Waals surface area contributed by atoms with E-state index in [9.17, 15) is 4.39 Å². The second kappa shape index (κ2) is 7.02. The molecule has 0 fully saturated rings. The van der Waals surface area contributed by atoms with Gasteiger partial charge in [-0.25, -0.2) is 19.3 Å². The molecule has 0 aliphatic carbocycles. The number of rotatable bonds is 3. The predicted octanol–water partition coefficient (Wildman–Crippen LogP) is 5.67. The van der Waals surface area contributed by atoms with Crippen LogP contribution in [0, 0.1) is 5.82 Å². The molecule has 0 spiro atoms. The first kappa shape index (κ1) is 16.4. The van der Waals surface area contributed by atoms with Gasteiger partial charge in [0.2, 0.25) is 0 Å². The molecule has 0 aliphatic rings. The fourth-order valence-electron chi connectivity index (χ4n) is 2.60. The van der Waals surface area contributed by atoms with Crippen LogP contribution in [0.1, 0.15) is 0 Å². The molecule has 3 nitrogen and oxygen atoms in total. The third-order valence-corrected chi connectivity index (χ3v) is 4.20. The fourth-order valence-corrected chi connectivity index (χ4v) is 2.80. The van der Waals surface area contributed by atoms with Crippen molar-refractivity contribution in [2.24, 2.45) is 0 Å². The Morgan fingerprint density at radius 3 is 1.65 bits per heavy atom. The summed E-state index contributed by atoms with van der Waals surface area (Å²) >= 11 is 6.26. The second-order valence-electron chi connectivity index (χ2n) is 5.66. The van der Waals surface area contributed by atoms with Crippen molar-refractivity contribution in [3.8, 4) is 34.2 Å². The summed E-state index contributed by atoms with van der Waals surface area (Å²) in [4.78, 5) is 13.6. The van der Waals surface area contributed by atoms with Gasteiger partial charge in [0.15, 0.2) is 17.5 Å². The van der Waals surface area contributed by atoms with Crippen LogP contribution in [0.4, 0.5) is 4.39 Å². The lowest BCUT2D eigenvalue weighted by molar-refractivity contribution is 0.628. The maximum atomic E-state index is 13.7. The zero-order valence-corrected chi connectivity index (χ0v) is 14.4. The van der Waals surface area contributed by atoms with Crippen LogP contribution in [0.25, 0.3) is 34.2 Å². The van der Waals surface area contributed by atoms with Crippen molar-refractivity contribution < 1.29 is 4.39 Å². The van der Waals surface area contributed by atoms with Gasteiger partial charge in [-0.15, -0.1) is 0 Å². The molecule has 4 aromatic rings. The van der Waals surface area contributed by atoms with Gasteiger partial charge in [0, 0.05) is 16.7 Å². The normalized spacial score (nSPS) is 10.7. The molecule has 0 amide bonds. The molecular formula is C21H13ClFN3. The second-order valence-corrected chi connectivity index (χ2v) is 6.07. The first-order valence-corrected chi connectivity index (χ1v) is 8.41. The van der Waals surface area contributed by atoms with Gasteiger partial charge in [0.1, 0.15) is 5.82 Å². The maximum absolute atomic E-state index is 13.7. The van der Waals surface area contributed by atoms with Crippen molar-refractivity contribution in [3.05, 3.63) is 89.7 Å². The van der Waals surface area contributed by atoms with E-state index in [1.807, 2.05) is 60.7 Å². The number of hydrogen-bond donors (Lipinski definition) is 0. The van der Waals surface area contributed by atoms with E-state index < -0.39 is 5.82 Å². The summed E-state index contributed by atoms with van der Waals surface area (Å²) in [6, 6.07) is 23.3. The Balaban J connectivity index is 1.95. The Morgan fingerprint density at radius 2 is 1.12 bits per heavy atom. The van der Waals surface area contributed by atoms with Crippen LogP contribution in [-0.2, 0) is 0 Å². The highest BCUT2D eigenvalue weighted by Crippen LogP contribution is 2.29. The summed E-state index contributed by atoms with van der Waals surface area (Å²) in [7, 11) is 0. The monoisotopic (exact) mass is 361 g/mol. The average molecular weight is 362 g/mol. The van der Waals surface area contributed by atoms with Crippen LogP contribution in [-0.4, -0.2) is 15.0 Å². The minimum Gasteiger partial charge on any atom is -0.208 e. The zero-order chi connectivity index (χ0) is 17.9. The molecule has 0 aliphatic heterocycles. The molecule has 26 heavy (non-hydrogen) atoms. The molecule has 0 saturated heterocycles. The largest absolute Gasteiger partial charge is 0.208 e. The van der Waals surface area contributed by atoms with Gasteiger partial charge in [0.25, 0.3) is 0 Å². The fraction of sp³-hybridized carbons (Fsp3) is 0. The molecule has 0 bridgehead atoms. The minimum absolute atomic E-state index is 0.335. The van der Waals surface area contributed by atoms with Crippen LogP contribution in [0.2, 0.25) is 5.02 Å². The molecule has 5 heteroatoms. The molecule has 1 aromatic heterocycles. The van der Waals surface area contributed by atoms with Crippen molar-refractivity contribution in [2.75, 3.05) is 0 Å². The van der Waals surface area contributed by atoms with E-state index in [-0.39, 0.29) is 0 Å². The molecule has 3 aromatic carbocycles. The predicted molar refractivity (Wildman–Crippen MR) is 101 cm³/mol. The number of aromatic nitrogens is 3. The van der Waals surface area contributed by atoms with Gasteiger partial charge in [-0.3, -0.25) is 0 Å². The van der Waals surface area contributed by atoms with E-state index in [4.69, 9.17) is 11.6 Å². The topological polar surface area (TPSA) is 38.7 Å². The van der Waals surface area contributed by atoms with Gasteiger partial charge < -0.3 is 0 Å². The van der Waals surface area contributed by atoms with Crippen molar-refractivity contribution >= 4 is 11.6 Å². The van der Waals surface area contributed by atoms with Gasteiger partial charge in [0.05, 0.1) is 5.02 Å². The minimum atomic E-state index is -0.396. The van der Waals surface area contributed by atoms with E-state index in [1.54, 1.807) is 0 Å². The summed E-state index contributed by atoms with van der Waals surface area (Å²) < 4.78 is 13.7. The van der Waals surface area contributed by atoms with E-state index in [2.05, 4.69) is 15.0 Å².